The van der Waals surface area contributed by atoms with Gasteiger partial charge in [0.05, 0.1) is 5.56 Å². The number of rotatable bonds is 3. The lowest BCUT2D eigenvalue weighted by atomic mass is 10.1. The molecule has 3 aromatic rings. The Morgan fingerprint density at radius 1 is 1.14 bits per heavy atom. The lowest BCUT2D eigenvalue weighted by Crippen LogP contribution is -2.37. The van der Waals surface area contributed by atoms with E-state index in [1.807, 2.05) is 9.30 Å². The van der Waals surface area contributed by atoms with Crippen molar-refractivity contribution in [3.05, 3.63) is 59.0 Å². The number of anilines is 1. The predicted molar refractivity (Wildman–Crippen MR) is 110 cm³/mol. The van der Waals surface area contributed by atoms with Crippen LogP contribution in [0.25, 0.3) is 5.65 Å². The summed E-state index contributed by atoms with van der Waals surface area (Å²) < 4.78 is 1.84. The van der Waals surface area contributed by atoms with Crippen LogP contribution in [0, 0.1) is 0 Å². The summed E-state index contributed by atoms with van der Waals surface area (Å²) in [5.41, 5.74) is 1.82. The van der Waals surface area contributed by atoms with Crippen LogP contribution in [0.3, 0.4) is 0 Å². The molecule has 1 saturated heterocycles. The van der Waals surface area contributed by atoms with Crippen LogP contribution in [-0.4, -0.2) is 63.5 Å². The maximum atomic E-state index is 12.7. The van der Waals surface area contributed by atoms with Crippen LogP contribution >= 0.6 is 11.6 Å². The molecule has 1 N–H and O–H groups in total. The van der Waals surface area contributed by atoms with Gasteiger partial charge in [-0.25, -0.2) is 4.79 Å². The molecule has 0 radical (unpaired) electrons. The van der Waals surface area contributed by atoms with E-state index in [1.165, 1.54) is 0 Å². The Balaban J connectivity index is 1.56. The second-order valence-electron chi connectivity index (χ2n) is 7.27. The van der Waals surface area contributed by atoms with Gasteiger partial charge in [0, 0.05) is 50.0 Å². The summed E-state index contributed by atoms with van der Waals surface area (Å²) in [5.74, 6) is 0.600. The van der Waals surface area contributed by atoms with Crippen molar-refractivity contribution in [1.82, 2.24) is 24.4 Å². The molecule has 0 spiro atoms. The normalized spacial score (nSPS) is 16.2. The molecule has 150 valence electrons. The van der Waals surface area contributed by atoms with Crippen molar-refractivity contribution in [2.45, 2.75) is 12.3 Å². The molecule has 0 aliphatic carbocycles. The van der Waals surface area contributed by atoms with E-state index in [9.17, 15) is 9.59 Å². The highest BCUT2D eigenvalue weighted by Gasteiger charge is 2.31. The number of aromatic nitrogens is 3. The van der Waals surface area contributed by atoms with E-state index in [0.29, 0.717) is 35.0 Å². The Morgan fingerprint density at radius 2 is 1.90 bits per heavy atom. The third kappa shape index (κ3) is 3.88. The fourth-order valence-electron chi connectivity index (χ4n) is 3.49. The van der Waals surface area contributed by atoms with Crippen molar-refractivity contribution in [3.8, 4) is 0 Å². The summed E-state index contributed by atoms with van der Waals surface area (Å²) in [5, 5.41) is 12.0. The molecule has 3 heterocycles. The fourth-order valence-corrected chi connectivity index (χ4v) is 3.61. The number of hydrogen-bond donors (Lipinski definition) is 1. The number of halogens is 1. The first kappa shape index (κ1) is 19.2. The van der Waals surface area contributed by atoms with Gasteiger partial charge in [0.1, 0.15) is 5.82 Å². The zero-order valence-electron chi connectivity index (χ0n) is 16.2. The first-order valence-electron chi connectivity index (χ1n) is 9.30. The van der Waals surface area contributed by atoms with E-state index in [2.05, 4.69) is 15.5 Å². The number of nitrogens with zero attached hydrogens (tertiary/aromatic N) is 5. The largest absolute Gasteiger partial charge is 0.331 e. The van der Waals surface area contributed by atoms with Crippen LogP contribution in [0.2, 0.25) is 5.02 Å². The van der Waals surface area contributed by atoms with Crippen LogP contribution in [-0.2, 0) is 0 Å². The van der Waals surface area contributed by atoms with Crippen molar-refractivity contribution < 1.29 is 9.59 Å². The van der Waals surface area contributed by atoms with Gasteiger partial charge in [0.2, 0.25) is 0 Å². The molecule has 1 fully saturated rings. The molecule has 1 aliphatic heterocycles. The SMILES string of the molecule is CN(C)C(=O)N1CCC(c2nnc3ccc(C(=O)Nc4ccc(Cl)cc4)cn23)C1. The Morgan fingerprint density at radius 3 is 2.62 bits per heavy atom. The quantitative estimate of drug-likeness (QED) is 0.716. The highest BCUT2D eigenvalue weighted by atomic mass is 35.5. The van der Waals surface area contributed by atoms with E-state index in [-0.39, 0.29) is 17.9 Å². The molecule has 3 amide bonds. The van der Waals surface area contributed by atoms with Crippen molar-refractivity contribution in [2.24, 2.45) is 0 Å². The highest BCUT2D eigenvalue weighted by molar-refractivity contribution is 6.30. The molecule has 1 atom stereocenters. The first-order valence-corrected chi connectivity index (χ1v) is 9.68. The van der Waals surface area contributed by atoms with Gasteiger partial charge in [-0.15, -0.1) is 10.2 Å². The second kappa shape index (κ2) is 7.71. The average Bonchev–Trinajstić information content (AvgIpc) is 3.35. The number of likely N-dealkylation sites (tertiary alicyclic amines) is 1. The molecule has 29 heavy (non-hydrogen) atoms. The minimum atomic E-state index is -0.232. The monoisotopic (exact) mass is 412 g/mol. The van der Waals surface area contributed by atoms with E-state index in [0.717, 1.165) is 12.2 Å². The Labute approximate surface area is 173 Å². The van der Waals surface area contributed by atoms with Crippen LogP contribution in [0.15, 0.2) is 42.6 Å². The van der Waals surface area contributed by atoms with Gasteiger partial charge in [-0.1, -0.05) is 11.6 Å². The highest BCUT2D eigenvalue weighted by Crippen LogP contribution is 2.27. The predicted octanol–water partition coefficient (Wildman–Crippen LogP) is 3.11. The molecule has 1 unspecified atom stereocenters. The molecular weight excluding hydrogens is 392 g/mol. The van der Waals surface area contributed by atoms with Gasteiger partial charge in [-0.05, 0) is 42.8 Å². The summed E-state index contributed by atoms with van der Waals surface area (Å²) in [6.07, 6.45) is 2.55. The Bertz CT molecular complexity index is 1060. The number of pyridine rings is 1. The number of fused-ring (bicyclic) bond motifs is 1. The molecular formula is C20H21ClN6O2. The van der Waals surface area contributed by atoms with E-state index < -0.39 is 0 Å². The topological polar surface area (TPSA) is 82.8 Å². The van der Waals surface area contributed by atoms with E-state index >= 15 is 0 Å². The van der Waals surface area contributed by atoms with Gasteiger partial charge in [-0.3, -0.25) is 9.20 Å². The minimum Gasteiger partial charge on any atom is -0.331 e. The average molecular weight is 413 g/mol. The Kier molecular flexibility index (Phi) is 5.10. The maximum Gasteiger partial charge on any atom is 0.319 e. The molecule has 1 aromatic carbocycles. The molecule has 0 saturated carbocycles. The summed E-state index contributed by atoms with van der Waals surface area (Å²) in [7, 11) is 3.49. The number of urea groups is 1. The lowest BCUT2D eigenvalue weighted by molar-refractivity contribution is 0.102. The van der Waals surface area contributed by atoms with Crippen LogP contribution in [0.1, 0.15) is 28.5 Å². The zero-order valence-corrected chi connectivity index (χ0v) is 16.9. The van der Waals surface area contributed by atoms with Crippen molar-refractivity contribution in [2.75, 3.05) is 32.5 Å². The van der Waals surface area contributed by atoms with Gasteiger partial charge < -0.3 is 15.1 Å². The summed E-state index contributed by atoms with van der Waals surface area (Å²) in [6, 6.07) is 10.4. The number of amides is 3. The van der Waals surface area contributed by atoms with Crippen molar-refractivity contribution in [1.29, 1.82) is 0 Å². The van der Waals surface area contributed by atoms with Crippen LogP contribution in [0.5, 0.6) is 0 Å². The second-order valence-corrected chi connectivity index (χ2v) is 7.71. The zero-order chi connectivity index (χ0) is 20.5. The molecule has 0 bridgehead atoms. The molecule has 1 aliphatic rings. The number of hydrogen-bond acceptors (Lipinski definition) is 4. The summed E-state index contributed by atoms with van der Waals surface area (Å²) in [6.45, 7) is 1.26. The molecule has 4 rings (SSSR count). The third-order valence-corrected chi connectivity index (χ3v) is 5.25. The van der Waals surface area contributed by atoms with Crippen molar-refractivity contribution >= 4 is 34.9 Å². The fraction of sp³-hybridized carbons (Fsp3) is 0.300. The number of carbonyl (C=O) groups excluding carboxylic acids is 2. The van der Waals surface area contributed by atoms with Gasteiger partial charge in [0.15, 0.2) is 5.65 Å². The van der Waals surface area contributed by atoms with Gasteiger partial charge >= 0.3 is 6.03 Å². The van der Waals surface area contributed by atoms with E-state index in [4.69, 9.17) is 11.6 Å². The molecule has 8 nitrogen and oxygen atoms in total. The lowest BCUT2D eigenvalue weighted by Gasteiger charge is -2.21. The molecule has 9 heteroatoms. The standard InChI is InChI=1S/C20H21ClN6O2/c1-25(2)20(29)26-10-9-13(11-26)18-24-23-17-8-3-14(12-27(17)18)19(28)22-16-6-4-15(21)5-7-16/h3-8,12-13H,9-11H2,1-2H3,(H,22,28). The van der Waals surface area contributed by atoms with Crippen molar-refractivity contribution in [3.63, 3.8) is 0 Å². The number of benzene rings is 1. The van der Waals surface area contributed by atoms with E-state index in [1.54, 1.807) is 61.6 Å². The van der Waals surface area contributed by atoms with Gasteiger partial charge in [0.25, 0.3) is 5.91 Å². The molecule has 2 aromatic heterocycles. The number of nitrogens with one attached hydrogen (secondary N) is 1. The van der Waals surface area contributed by atoms with Crippen LogP contribution < -0.4 is 5.32 Å². The third-order valence-electron chi connectivity index (χ3n) is 5.00. The minimum absolute atomic E-state index is 0.00986. The van der Waals surface area contributed by atoms with Gasteiger partial charge in [-0.2, -0.15) is 0 Å². The number of carbonyl (C=O) groups is 2. The van der Waals surface area contributed by atoms with Crippen LogP contribution in [0.4, 0.5) is 10.5 Å². The first-order chi connectivity index (χ1) is 13.9. The smallest absolute Gasteiger partial charge is 0.319 e. The summed E-state index contributed by atoms with van der Waals surface area (Å²) in [4.78, 5) is 28.2. The summed E-state index contributed by atoms with van der Waals surface area (Å²) >= 11 is 5.89. The maximum absolute atomic E-state index is 12.7. The Hall–Kier alpha value is -3.13.